The molecule has 7 rings (SSSR count). The number of benzene rings is 1. The smallest absolute Gasteiger partial charge is 0.356 e. The third kappa shape index (κ3) is 5.81. The zero-order chi connectivity index (χ0) is 31.8. The molecule has 13 heteroatoms. The lowest BCUT2D eigenvalue weighted by Crippen LogP contribution is -2.38. The second-order valence-electron chi connectivity index (χ2n) is 11.8. The van der Waals surface area contributed by atoms with E-state index in [1.807, 2.05) is 46.0 Å². The number of amides is 1. The summed E-state index contributed by atoms with van der Waals surface area (Å²) in [5.41, 5.74) is 5.92. The molecule has 0 atom stereocenters. The molecule has 2 aliphatic heterocycles. The summed E-state index contributed by atoms with van der Waals surface area (Å²) in [5, 5.41) is 28.4. The van der Waals surface area contributed by atoms with Gasteiger partial charge in [-0.1, -0.05) is 18.2 Å². The summed E-state index contributed by atoms with van der Waals surface area (Å²) in [5.74, 6) is -0.318. The second-order valence-corrected chi connectivity index (χ2v) is 11.8. The SMILES string of the molecule is CC(=O)N1CCc2c(c(-c3cccc4cc(-c5cnn(CCOC6CCN(c7ccc(C(=O)O)nn7)CC6)c5)ncc34)nn2C)C1. The first-order chi connectivity index (χ1) is 22.3. The molecule has 1 fully saturated rings. The predicted molar refractivity (Wildman–Crippen MR) is 170 cm³/mol. The first-order valence-corrected chi connectivity index (χ1v) is 15.5. The summed E-state index contributed by atoms with van der Waals surface area (Å²) in [6, 6.07) is 11.5. The topological polar surface area (TPSA) is 144 Å². The van der Waals surface area contributed by atoms with Gasteiger partial charge in [-0.25, -0.2) is 4.79 Å². The fraction of sp³-hybridized carbons (Fsp3) is 0.364. The van der Waals surface area contributed by atoms with Crippen molar-refractivity contribution in [3.05, 3.63) is 71.9 Å². The van der Waals surface area contributed by atoms with Gasteiger partial charge in [-0.2, -0.15) is 10.2 Å². The first-order valence-electron chi connectivity index (χ1n) is 15.5. The molecule has 46 heavy (non-hydrogen) atoms. The van der Waals surface area contributed by atoms with Gasteiger partial charge < -0.3 is 19.6 Å². The summed E-state index contributed by atoms with van der Waals surface area (Å²) >= 11 is 0. The lowest BCUT2D eigenvalue weighted by molar-refractivity contribution is -0.129. The average molecular weight is 622 g/mol. The molecule has 0 bridgehead atoms. The van der Waals surface area contributed by atoms with Crippen molar-refractivity contribution in [2.75, 3.05) is 31.1 Å². The molecular formula is C33H35N9O4. The standard InChI is InChI=1S/C33H35N9O4/c1-21(43)41-13-10-30-27(20-41)32(38-39(30)2)25-5-3-4-22-16-29(34-18-26(22)25)23-17-35-42(19-23)14-15-46-24-8-11-40(12-9-24)31-7-6-28(33(44)45)36-37-31/h3-7,16-19,24H,8-15,20H2,1-2H3,(H,44,45). The van der Waals surface area contributed by atoms with Crippen LogP contribution in [-0.2, 0) is 36.1 Å². The first kappa shape index (κ1) is 29.5. The van der Waals surface area contributed by atoms with E-state index in [-0.39, 0.29) is 17.7 Å². The summed E-state index contributed by atoms with van der Waals surface area (Å²) in [7, 11) is 1.97. The Labute approximate surface area is 265 Å². The van der Waals surface area contributed by atoms with Gasteiger partial charge in [0.25, 0.3) is 0 Å². The van der Waals surface area contributed by atoms with E-state index < -0.39 is 5.97 Å². The van der Waals surface area contributed by atoms with Crippen molar-refractivity contribution in [1.29, 1.82) is 0 Å². The van der Waals surface area contributed by atoms with Crippen molar-refractivity contribution >= 4 is 28.5 Å². The molecule has 5 aromatic rings. The van der Waals surface area contributed by atoms with E-state index in [9.17, 15) is 9.59 Å². The molecule has 0 unspecified atom stereocenters. The van der Waals surface area contributed by atoms with Crippen LogP contribution in [0.4, 0.5) is 5.82 Å². The Balaban J connectivity index is 0.980. The van der Waals surface area contributed by atoms with Gasteiger partial charge in [0.2, 0.25) is 5.91 Å². The van der Waals surface area contributed by atoms with Crippen molar-refractivity contribution in [1.82, 2.24) is 39.6 Å². The third-order valence-corrected chi connectivity index (χ3v) is 8.95. The minimum atomic E-state index is -1.08. The van der Waals surface area contributed by atoms with Gasteiger partial charge in [0, 0.05) is 86.7 Å². The van der Waals surface area contributed by atoms with Crippen LogP contribution in [0.3, 0.4) is 0 Å². The zero-order valence-electron chi connectivity index (χ0n) is 25.8. The molecule has 0 spiro atoms. The van der Waals surface area contributed by atoms with Crippen LogP contribution in [0.2, 0.25) is 0 Å². The van der Waals surface area contributed by atoms with Crippen molar-refractivity contribution in [3.8, 4) is 22.5 Å². The minimum Gasteiger partial charge on any atom is -0.476 e. The summed E-state index contributed by atoms with van der Waals surface area (Å²) in [6.45, 7) is 5.61. The van der Waals surface area contributed by atoms with Crippen LogP contribution in [0, 0.1) is 0 Å². The zero-order valence-corrected chi connectivity index (χ0v) is 25.8. The quantitative estimate of drug-likeness (QED) is 0.273. The van der Waals surface area contributed by atoms with E-state index in [4.69, 9.17) is 19.9 Å². The average Bonchev–Trinajstić information content (AvgIpc) is 3.68. The Hall–Kier alpha value is -5.17. The summed E-state index contributed by atoms with van der Waals surface area (Å²) < 4.78 is 9.99. The lowest BCUT2D eigenvalue weighted by Gasteiger charge is -2.32. The molecule has 1 amide bonds. The van der Waals surface area contributed by atoms with Crippen LogP contribution in [-0.4, -0.2) is 89.0 Å². The van der Waals surface area contributed by atoms with Gasteiger partial charge in [0.05, 0.1) is 36.8 Å². The Morgan fingerprint density at radius 3 is 2.67 bits per heavy atom. The highest BCUT2D eigenvalue weighted by Crippen LogP contribution is 2.35. The monoisotopic (exact) mass is 621 g/mol. The number of nitrogens with zero attached hydrogens (tertiary/aromatic N) is 9. The molecule has 1 saturated heterocycles. The minimum absolute atomic E-state index is 0.0583. The van der Waals surface area contributed by atoms with Crippen molar-refractivity contribution in [2.24, 2.45) is 7.05 Å². The highest BCUT2D eigenvalue weighted by Gasteiger charge is 2.27. The number of rotatable bonds is 8. The Kier molecular flexibility index (Phi) is 7.91. The number of fused-ring (bicyclic) bond motifs is 2. The molecule has 236 valence electrons. The number of aromatic carboxylic acids is 1. The fourth-order valence-corrected chi connectivity index (χ4v) is 6.40. The molecule has 6 heterocycles. The van der Waals surface area contributed by atoms with Crippen molar-refractivity contribution in [2.45, 2.75) is 45.4 Å². The third-order valence-electron chi connectivity index (χ3n) is 8.95. The molecule has 2 aliphatic rings. The molecule has 0 radical (unpaired) electrons. The highest BCUT2D eigenvalue weighted by molar-refractivity contribution is 5.97. The maximum Gasteiger partial charge on any atom is 0.356 e. The number of aryl methyl sites for hydroxylation is 1. The van der Waals surface area contributed by atoms with Crippen LogP contribution in [0.1, 0.15) is 41.5 Å². The van der Waals surface area contributed by atoms with Gasteiger partial charge in [-0.15, -0.1) is 10.2 Å². The maximum absolute atomic E-state index is 12.1. The predicted octanol–water partition coefficient (Wildman–Crippen LogP) is 3.58. The van der Waals surface area contributed by atoms with E-state index >= 15 is 0 Å². The van der Waals surface area contributed by atoms with E-state index in [1.54, 1.807) is 13.0 Å². The fourth-order valence-electron chi connectivity index (χ4n) is 6.40. The number of piperidine rings is 1. The van der Waals surface area contributed by atoms with Crippen LogP contribution in [0.5, 0.6) is 0 Å². The number of carbonyl (C=O) groups is 2. The number of anilines is 1. The maximum atomic E-state index is 12.1. The van der Waals surface area contributed by atoms with E-state index in [2.05, 4.69) is 38.4 Å². The molecular weight excluding hydrogens is 586 g/mol. The summed E-state index contributed by atoms with van der Waals surface area (Å²) in [4.78, 5) is 31.9. The summed E-state index contributed by atoms with van der Waals surface area (Å²) in [6.07, 6.45) is 8.38. The number of carbonyl (C=O) groups excluding carboxylic acids is 1. The molecule has 4 aromatic heterocycles. The van der Waals surface area contributed by atoms with Gasteiger partial charge in [0.15, 0.2) is 11.5 Å². The van der Waals surface area contributed by atoms with Crippen molar-refractivity contribution in [3.63, 3.8) is 0 Å². The number of hydrogen-bond acceptors (Lipinski definition) is 9. The Morgan fingerprint density at radius 2 is 1.91 bits per heavy atom. The van der Waals surface area contributed by atoms with E-state index in [1.165, 1.54) is 11.8 Å². The number of hydrogen-bond donors (Lipinski definition) is 1. The number of pyridine rings is 1. The number of ether oxygens (including phenoxy) is 1. The molecule has 0 aliphatic carbocycles. The lowest BCUT2D eigenvalue weighted by atomic mass is 9.97. The van der Waals surface area contributed by atoms with Gasteiger partial charge in [0.1, 0.15) is 0 Å². The highest BCUT2D eigenvalue weighted by atomic mass is 16.5. The van der Waals surface area contributed by atoms with E-state index in [0.717, 1.165) is 71.2 Å². The van der Waals surface area contributed by atoms with Gasteiger partial charge >= 0.3 is 5.97 Å². The molecule has 13 nitrogen and oxygen atoms in total. The largest absolute Gasteiger partial charge is 0.476 e. The molecule has 0 saturated carbocycles. The molecule has 1 aromatic carbocycles. The number of carboxylic acid groups (broad SMARTS) is 1. The number of aromatic nitrogens is 7. The van der Waals surface area contributed by atoms with Gasteiger partial charge in [-0.05, 0) is 36.4 Å². The van der Waals surface area contributed by atoms with Crippen LogP contribution in [0.25, 0.3) is 33.3 Å². The van der Waals surface area contributed by atoms with Crippen LogP contribution >= 0.6 is 0 Å². The Morgan fingerprint density at radius 1 is 1.07 bits per heavy atom. The normalized spacial score (nSPS) is 15.3. The van der Waals surface area contributed by atoms with E-state index in [0.29, 0.717) is 32.1 Å². The second kappa shape index (κ2) is 12.3. The van der Waals surface area contributed by atoms with Crippen molar-refractivity contribution < 1.29 is 19.4 Å². The Bertz CT molecular complexity index is 1910. The van der Waals surface area contributed by atoms with Crippen LogP contribution < -0.4 is 4.90 Å². The molecule has 1 N–H and O–H groups in total. The van der Waals surface area contributed by atoms with Crippen LogP contribution in [0.15, 0.2) is 55.0 Å². The van der Waals surface area contributed by atoms with Gasteiger partial charge in [-0.3, -0.25) is 19.1 Å². The number of carboxylic acids is 1.